The van der Waals surface area contributed by atoms with E-state index in [4.69, 9.17) is 5.11 Å². The van der Waals surface area contributed by atoms with E-state index in [-0.39, 0.29) is 11.1 Å². The molecule has 0 heterocycles. The fraction of sp³-hybridized carbons (Fsp3) is 0.105. The van der Waals surface area contributed by atoms with Gasteiger partial charge in [0.1, 0.15) is 11.6 Å². The number of hydrogen-bond acceptors (Lipinski definition) is 3. The van der Waals surface area contributed by atoms with Gasteiger partial charge in [-0.1, -0.05) is 48.5 Å². The Balaban J connectivity index is 2.07. The Kier molecular flexibility index (Phi) is 5.87. The van der Waals surface area contributed by atoms with E-state index >= 15 is 0 Å². The van der Waals surface area contributed by atoms with E-state index in [0.717, 1.165) is 5.56 Å². The molecule has 0 saturated heterocycles. The Morgan fingerprint density at radius 3 is 2.42 bits per heavy atom. The van der Waals surface area contributed by atoms with Gasteiger partial charge in [-0.15, -0.1) is 0 Å². The summed E-state index contributed by atoms with van der Waals surface area (Å²) < 4.78 is 0. The van der Waals surface area contributed by atoms with Crippen molar-refractivity contribution in [3.05, 3.63) is 76.9 Å². The van der Waals surface area contributed by atoms with Gasteiger partial charge >= 0.3 is 5.97 Å². The number of amides is 1. The van der Waals surface area contributed by atoms with Crippen LogP contribution in [0.5, 0.6) is 0 Å². The van der Waals surface area contributed by atoms with Crippen LogP contribution in [0.15, 0.2) is 60.2 Å². The lowest BCUT2D eigenvalue weighted by Gasteiger charge is -2.05. The first-order chi connectivity index (χ1) is 11.6. The summed E-state index contributed by atoms with van der Waals surface area (Å²) >= 11 is 0. The molecule has 0 aromatic heterocycles. The second-order valence-corrected chi connectivity index (χ2v) is 5.05. The molecule has 0 spiro atoms. The van der Waals surface area contributed by atoms with E-state index in [1.165, 1.54) is 12.1 Å². The van der Waals surface area contributed by atoms with Crippen LogP contribution in [-0.4, -0.2) is 23.5 Å². The molecule has 0 atom stereocenters. The molecule has 1 amide bonds. The molecule has 120 valence electrons. The van der Waals surface area contributed by atoms with Crippen molar-refractivity contribution in [2.45, 2.75) is 6.42 Å². The van der Waals surface area contributed by atoms with Crippen molar-refractivity contribution < 1.29 is 14.7 Å². The van der Waals surface area contributed by atoms with Gasteiger partial charge in [-0.25, -0.2) is 4.79 Å². The van der Waals surface area contributed by atoms with Crippen LogP contribution in [0.3, 0.4) is 0 Å². The van der Waals surface area contributed by atoms with Crippen LogP contribution in [0.25, 0.3) is 6.08 Å². The predicted molar refractivity (Wildman–Crippen MR) is 90.1 cm³/mol. The Morgan fingerprint density at radius 2 is 1.75 bits per heavy atom. The second-order valence-electron chi connectivity index (χ2n) is 5.05. The maximum absolute atomic E-state index is 12.1. The molecule has 2 aromatic carbocycles. The van der Waals surface area contributed by atoms with Gasteiger partial charge in [0.2, 0.25) is 0 Å². The number of nitriles is 1. The van der Waals surface area contributed by atoms with Gasteiger partial charge in [-0.3, -0.25) is 4.79 Å². The summed E-state index contributed by atoms with van der Waals surface area (Å²) in [5.41, 5.74) is 1.32. The molecule has 0 bridgehead atoms. The molecule has 2 rings (SSSR count). The first-order valence-corrected chi connectivity index (χ1v) is 7.38. The van der Waals surface area contributed by atoms with E-state index < -0.39 is 11.9 Å². The van der Waals surface area contributed by atoms with Crippen LogP contribution in [0.4, 0.5) is 0 Å². The van der Waals surface area contributed by atoms with Gasteiger partial charge in [0.25, 0.3) is 5.91 Å². The summed E-state index contributed by atoms with van der Waals surface area (Å²) in [7, 11) is 0. The highest BCUT2D eigenvalue weighted by molar-refractivity contribution is 6.03. The predicted octanol–water partition coefficient (Wildman–Crippen LogP) is 2.65. The van der Waals surface area contributed by atoms with E-state index in [9.17, 15) is 14.9 Å². The zero-order chi connectivity index (χ0) is 17.4. The van der Waals surface area contributed by atoms with E-state index in [1.54, 1.807) is 18.2 Å². The van der Waals surface area contributed by atoms with Gasteiger partial charge in [0.05, 0.1) is 5.56 Å². The molecule has 5 heteroatoms. The van der Waals surface area contributed by atoms with Crippen LogP contribution in [0, 0.1) is 11.3 Å². The fourth-order valence-electron chi connectivity index (χ4n) is 2.18. The smallest absolute Gasteiger partial charge is 0.336 e. The molecule has 2 N–H and O–H groups in total. The third-order valence-corrected chi connectivity index (χ3v) is 3.40. The number of hydrogen-bond donors (Lipinski definition) is 2. The number of nitrogens with one attached hydrogen (secondary N) is 1. The Hall–Kier alpha value is -3.39. The molecular weight excluding hydrogens is 304 g/mol. The van der Waals surface area contributed by atoms with E-state index in [2.05, 4.69) is 5.32 Å². The van der Waals surface area contributed by atoms with Crippen LogP contribution in [0.2, 0.25) is 0 Å². The normalized spacial score (nSPS) is 10.7. The van der Waals surface area contributed by atoms with Crippen molar-refractivity contribution in [3.63, 3.8) is 0 Å². The zero-order valence-corrected chi connectivity index (χ0v) is 12.9. The fourth-order valence-corrected chi connectivity index (χ4v) is 2.18. The quantitative estimate of drug-likeness (QED) is 0.632. The van der Waals surface area contributed by atoms with Gasteiger partial charge in [-0.2, -0.15) is 5.26 Å². The van der Waals surface area contributed by atoms with Crippen LogP contribution >= 0.6 is 0 Å². The van der Waals surface area contributed by atoms with Crippen molar-refractivity contribution in [3.8, 4) is 6.07 Å². The molecule has 24 heavy (non-hydrogen) atoms. The van der Waals surface area contributed by atoms with Gasteiger partial charge in [-0.05, 0) is 29.7 Å². The lowest BCUT2D eigenvalue weighted by atomic mass is 10.0. The number of benzene rings is 2. The number of aromatic carboxylic acids is 1. The largest absolute Gasteiger partial charge is 0.478 e. The molecule has 0 radical (unpaired) electrons. The molecule has 0 aliphatic rings. The summed E-state index contributed by atoms with van der Waals surface area (Å²) in [4.78, 5) is 23.3. The zero-order valence-electron chi connectivity index (χ0n) is 12.9. The van der Waals surface area contributed by atoms with Crippen molar-refractivity contribution in [2.24, 2.45) is 0 Å². The van der Waals surface area contributed by atoms with Crippen molar-refractivity contribution in [1.82, 2.24) is 5.32 Å². The Bertz CT molecular complexity index is 805. The topological polar surface area (TPSA) is 90.2 Å². The number of carboxylic acids is 1. The molecule has 0 fully saturated rings. The minimum Gasteiger partial charge on any atom is -0.478 e. The summed E-state index contributed by atoms with van der Waals surface area (Å²) in [6, 6.07) is 17.7. The highest BCUT2D eigenvalue weighted by Gasteiger charge is 2.12. The first-order valence-electron chi connectivity index (χ1n) is 7.38. The SMILES string of the molecule is N#C/C(=C/c1ccccc1C(=O)O)C(=O)NCCc1ccccc1. The maximum atomic E-state index is 12.1. The van der Waals surface area contributed by atoms with Crippen LogP contribution in [-0.2, 0) is 11.2 Å². The van der Waals surface area contributed by atoms with Gasteiger partial charge in [0, 0.05) is 6.54 Å². The Morgan fingerprint density at radius 1 is 1.08 bits per heavy atom. The average Bonchev–Trinajstić information content (AvgIpc) is 2.60. The lowest BCUT2D eigenvalue weighted by molar-refractivity contribution is -0.117. The summed E-state index contributed by atoms with van der Waals surface area (Å²) in [5.74, 6) is -1.63. The van der Waals surface area contributed by atoms with Crippen molar-refractivity contribution in [2.75, 3.05) is 6.54 Å². The molecule has 5 nitrogen and oxygen atoms in total. The molecule has 2 aromatic rings. The Labute approximate surface area is 139 Å². The number of rotatable bonds is 6. The molecule has 0 aliphatic carbocycles. The average molecular weight is 320 g/mol. The van der Waals surface area contributed by atoms with Crippen molar-refractivity contribution in [1.29, 1.82) is 5.26 Å². The van der Waals surface area contributed by atoms with Crippen molar-refractivity contribution >= 4 is 18.0 Å². The highest BCUT2D eigenvalue weighted by Crippen LogP contribution is 2.13. The summed E-state index contributed by atoms with van der Waals surface area (Å²) in [6.07, 6.45) is 1.94. The second kappa shape index (κ2) is 8.30. The molecule has 0 unspecified atom stereocenters. The van der Waals surface area contributed by atoms with Crippen LogP contribution < -0.4 is 5.32 Å². The standard InChI is InChI=1S/C19H16N2O3/c20-13-16(12-15-8-4-5-9-17(15)19(23)24)18(22)21-11-10-14-6-2-1-3-7-14/h1-9,12H,10-11H2,(H,21,22)(H,23,24)/b16-12-. The monoisotopic (exact) mass is 320 g/mol. The summed E-state index contributed by atoms with van der Waals surface area (Å²) in [6.45, 7) is 0.391. The minimum absolute atomic E-state index is 0.0438. The third-order valence-electron chi connectivity index (χ3n) is 3.40. The highest BCUT2D eigenvalue weighted by atomic mass is 16.4. The minimum atomic E-state index is -1.11. The number of carbonyl (C=O) groups excluding carboxylic acids is 1. The summed E-state index contributed by atoms with van der Waals surface area (Å²) in [5, 5.41) is 21.0. The lowest BCUT2D eigenvalue weighted by Crippen LogP contribution is -2.26. The molecule has 0 aliphatic heterocycles. The molecule has 0 saturated carbocycles. The first kappa shape index (κ1) is 17.0. The van der Waals surface area contributed by atoms with Gasteiger partial charge < -0.3 is 10.4 Å². The van der Waals surface area contributed by atoms with Gasteiger partial charge in [0.15, 0.2) is 0 Å². The van der Waals surface area contributed by atoms with Crippen LogP contribution in [0.1, 0.15) is 21.5 Å². The number of carboxylic acid groups (broad SMARTS) is 1. The number of nitrogens with zero attached hydrogens (tertiary/aromatic N) is 1. The number of carbonyl (C=O) groups is 2. The maximum Gasteiger partial charge on any atom is 0.336 e. The van der Waals surface area contributed by atoms with E-state index in [0.29, 0.717) is 18.5 Å². The third kappa shape index (κ3) is 4.55. The van der Waals surface area contributed by atoms with E-state index in [1.807, 2.05) is 36.4 Å². The molecular formula is C19H16N2O3.